The van der Waals surface area contributed by atoms with E-state index in [2.05, 4.69) is 144 Å². The van der Waals surface area contributed by atoms with Crippen molar-refractivity contribution in [1.82, 2.24) is 9.97 Å². The van der Waals surface area contributed by atoms with E-state index in [0.717, 1.165) is 22.5 Å². The molecule has 5 heteroatoms. The number of thiophene rings is 1. The summed E-state index contributed by atoms with van der Waals surface area (Å²) in [7, 11) is 0. The molecule has 1 radical (unpaired) electrons. The van der Waals surface area contributed by atoms with Crippen LogP contribution in [-0.2, 0) is 20.1 Å². The van der Waals surface area contributed by atoms with E-state index in [1.165, 1.54) is 46.8 Å². The third-order valence-corrected chi connectivity index (χ3v) is 13.7. The maximum absolute atomic E-state index is 4.73. The molecule has 0 aliphatic heterocycles. The number of fused-ring (bicyclic) bond motifs is 3. The quantitative estimate of drug-likeness (QED) is 0.127. The molecule has 8 rings (SSSR count). The Morgan fingerprint density at radius 2 is 1.33 bits per heavy atom. The molecule has 0 atom stereocenters. The zero-order chi connectivity index (χ0) is 32.2. The van der Waals surface area contributed by atoms with Crippen molar-refractivity contribution in [1.29, 1.82) is 0 Å². The topological polar surface area (TPSA) is 25.8 Å². The van der Waals surface area contributed by atoms with Crippen molar-refractivity contribution in [3.8, 4) is 44.8 Å². The van der Waals surface area contributed by atoms with Crippen molar-refractivity contribution < 1.29 is 20.1 Å². The van der Waals surface area contributed by atoms with Crippen LogP contribution in [0.2, 0.25) is 17.3 Å². The molecule has 0 fully saturated rings. The number of aromatic nitrogens is 2. The number of nitrogens with zero attached hydrogens (tertiary/aromatic N) is 2. The fourth-order valence-corrected chi connectivity index (χ4v) is 9.14. The smallest absolute Gasteiger partial charge is 0.0239 e. The normalized spacial score (nSPS) is 11.1. The Morgan fingerprint density at radius 3 is 2.02 bits per heavy atom. The maximum Gasteiger partial charge on any atom is 0.0239 e. The van der Waals surface area contributed by atoms with Gasteiger partial charge in [-0.1, -0.05) is 101 Å². The first-order valence-electron chi connectivity index (χ1n) is 15.8. The second kappa shape index (κ2) is 14.9. The zero-order valence-corrected chi connectivity index (χ0v) is 32.4. The fraction of sp³-hybridized carbons (Fsp3) is 0.0698. The zero-order valence-electron chi connectivity index (χ0n) is 27.1. The Labute approximate surface area is 303 Å². The van der Waals surface area contributed by atoms with Gasteiger partial charge in [-0.3, -0.25) is 0 Å². The molecule has 0 spiro atoms. The minimum atomic E-state index is -1.72. The van der Waals surface area contributed by atoms with Crippen LogP contribution in [0.1, 0.15) is 0 Å². The van der Waals surface area contributed by atoms with Crippen LogP contribution in [0.4, 0.5) is 0 Å². The Hall–Kier alpha value is -4.19. The molecule has 0 amide bonds. The molecule has 3 heterocycles. The van der Waals surface area contributed by atoms with Gasteiger partial charge in [0.2, 0.25) is 0 Å². The molecule has 8 aromatic rings. The van der Waals surface area contributed by atoms with Crippen molar-refractivity contribution in [2.45, 2.75) is 17.3 Å². The van der Waals surface area contributed by atoms with Crippen LogP contribution in [0.15, 0.2) is 152 Å². The van der Waals surface area contributed by atoms with Crippen molar-refractivity contribution >= 4 is 49.2 Å². The first-order chi connectivity index (χ1) is 23.0. The Balaban J connectivity index is 0.000000201. The van der Waals surface area contributed by atoms with Crippen molar-refractivity contribution in [2.24, 2.45) is 0 Å². The second-order valence-electron chi connectivity index (χ2n) is 12.5. The first-order valence-corrected chi connectivity index (χ1v) is 24.0. The Kier molecular flexibility index (Phi) is 10.5. The molecule has 0 aliphatic rings. The molecule has 0 saturated carbocycles. The van der Waals surface area contributed by atoms with Gasteiger partial charge in [0.25, 0.3) is 0 Å². The van der Waals surface area contributed by atoms with E-state index in [1.807, 2.05) is 54.1 Å². The van der Waals surface area contributed by atoms with E-state index < -0.39 is 13.3 Å². The monoisotopic (exact) mass is 877 g/mol. The SMILES string of the molecule is [CH3][Ge]([CH3])([CH3])[c]1ccc(-c2[c-]cccc2)nc1.[Ir].[c-]1cc(-c2ccccc2)c2c(sc3ccccc32)c1-c1cc(-c2ccccc2)ccn1. The van der Waals surface area contributed by atoms with Crippen LogP contribution < -0.4 is 4.40 Å². The predicted octanol–water partition coefficient (Wildman–Crippen LogP) is 11.3. The van der Waals surface area contributed by atoms with Crippen LogP contribution in [0.5, 0.6) is 0 Å². The van der Waals surface area contributed by atoms with E-state index in [9.17, 15) is 0 Å². The molecule has 2 nitrogen and oxygen atoms in total. The number of hydrogen-bond donors (Lipinski definition) is 0. The first kappa shape index (κ1) is 33.7. The van der Waals surface area contributed by atoms with E-state index in [-0.39, 0.29) is 20.1 Å². The fourth-order valence-electron chi connectivity index (χ4n) is 5.73. The van der Waals surface area contributed by atoms with Crippen LogP contribution in [0.25, 0.3) is 64.9 Å². The summed E-state index contributed by atoms with van der Waals surface area (Å²) in [6.45, 7) is 0. The predicted molar refractivity (Wildman–Crippen MR) is 204 cm³/mol. The van der Waals surface area contributed by atoms with Crippen LogP contribution in [-0.4, -0.2) is 23.2 Å². The third kappa shape index (κ3) is 7.28. The largest absolute Gasteiger partial charge is 0.305 e. The summed E-state index contributed by atoms with van der Waals surface area (Å²) in [6.07, 6.45) is 3.94. The van der Waals surface area contributed by atoms with Gasteiger partial charge < -0.3 is 4.98 Å². The molecule has 237 valence electrons. The molecule has 0 unspecified atom stereocenters. The van der Waals surface area contributed by atoms with Gasteiger partial charge in [0.05, 0.1) is 0 Å². The van der Waals surface area contributed by atoms with Crippen LogP contribution >= 0.6 is 11.3 Å². The average molecular weight is 876 g/mol. The number of benzene rings is 5. The summed E-state index contributed by atoms with van der Waals surface area (Å²) in [5, 5.41) is 2.57. The average Bonchev–Trinajstić information content (AvgIpc) is 3.52. The van der Waals surface area contributed by atoms with Gasteiger partial charge in [-0.2, -0.15) is 11.3 Å². The van der Waals surface area contributed by atoms with Gasteiger partial charge in [-0.15, -0.1) is 17.7 Å². The van der Waals surface area contributed by atoms with E-state index in [4.69, 9.17) is 4.98 Å². The van der Waals surface area contributed by atoms with Gasteiger partial charge in [0.15, 0.2) is 0 Å². The van der Waals surface area contributed by atoms with Gasteiger partial charge in [0.1, 0.15) is 0 Å². The van der Waals surface area contributed by atoms with Crippen LogP contribution in [0.3, 0.4) is 0 Å². The summed E-state index contributed by atoms with van der Waals surface area (Å²) in [6, 6.07) is 55.1. The van der Waals surface area contributed by atoms with Gasteiger partial charge in [-0.25, -0.2) is 0 Å². The molecule has 48 heavy (non-hydrogen) atoms. The summed E-state index contributed by atoms with van der Waals surface area (Å²) in [5.41, 5.74) is 8.89. The standard InChI is InChI=1S/C29H18NS.C14H16GeN.Ir/c1-3-9-20(10-4-1)22-17-18-30-26(19-22)24-16-15-23(21-11-5-2-6-12-21)28-25-13-7-8-14-27(25)31-29(24)28;1-15(2,3)13-9-10-14(16-11-13)12-7-5-4-6-8-12;/h1-15,17-19H;4-7,9-11H,1-3H3;/q2*-1;. The third-order valence-electron chi connectivity index (χ3n) is 8.28. The summed E-state index contributed by atoms with van der Waals surface area (Å²) >= 11 is 0.106. The minimum absolute atomic E-state index is 0. The van der Waals surface area contributed by atoms with Gasteiger partial charge in [0, 0.05) is 31.0 Å². The van der Waals surface area contributed by atoms with E-state index in [1.54, 1.807) is 0 Å². The number of pyridine rings is 2. The Bertz CT molecular complexity index is 2260. The number of hydrogen-bond acceptors (Lipinski definition) is 3. The summed E-state index contributed by atoms with van der Waals surface area (Å²) in [5.74, 6) is 7.14. The number of rotatable bonds is 5. The maximum atomic E-state index is 4.73. The molecule has 5 aromatic carbocycles. The van der Waals surface area contributed by atoms with Crippen molar-refractivity contribution in [3.63, 3.8) is 0 Å². The van der Waals surface area contributed by atoms with Gasteiger partial charge in [-0.05, 0) is 39.0 Å². The van der Waals surface area contributed by atoms with Crippen LogP contribution in [0, 0.1) is 12.1 Å². The van der Waals surface area contributed by atoms with E-state index in [0.29, 0.717) is 0 Å². The van der Waals surface area contributed by atoms with E-state index >= 15 is 0 Å². The molecular formula is C43H34GeIrN2S-2. The molecular weight excluding hydrogens is 841 g/mol. The molecule has 0 saturated heterocycles. The molecule has 0 N–H and O–H groups in total. The summed E-state index contributed by atoms with van der Waals surface area (Å²) < 4.78 is 3.97. The molecule has 3 aromatic heterocycles. The van der Waals surface area contributed by atoms with Crippen molar-refractivity contribution in [2.75, 3.05) is 0 Å². The Morgan fingerprint density at radius 1 is 0.625 bits per heavy atom. The summed E-state index contributed by atoms with van der Waals surface area (Å²) in [4.78, 5) is 9.26. The minimum Gasteiger partial charge on any atom is -0.305 e. The molecule has 0 aliphatic carbocycles. The molecule has 0 bridgehead atoms. The van der Waals surface area contributed by atoms with Gasteiger partial charge >= 0.3 is 99.8 Å². The second-order valence-corrected chi connectivity index (χ2v) is 24.2. The van der Waals surface area contributed by atoms with Crippen molar-refractivity contribution in [3.05, 3.63) is 164 Å².